The first-order valence-electron chi connectivity index (χ1n) is 9.52. The first-order chi connectivity index (χ1) is 13.1. The van der Waals surface area contributed by atoms with Gasteiger partial charge in [-0.15, -0.1) is 24.0 Å². The van der Waals surface area contributed by atoms with Gasteiger partial charge in [0.05, 0.1) is 11.0 Å². The maximum Gasteiger partial charge on any atom is 0.191 e. The summed E-state index contributed by atoms with van der Waals surface area (Å²) >= 11 is 0. The summed E-state index contributed by atoms with van der Waals surface area (Å²) in [6, 6.07) is 18.7. The van der Waals surface area contributed by atoms with Crippen molar-refractivity contribution in [2.75, 3.05) is 20.1 Å². The van der Waals surface area contributed by atoms with Crippen LogP contribution in [-0.4, -0.2) is 36.1 Å². The van der Waals surface area contributed by atoms with Gasteiger partial charge in [0.2, 0.25) is 0 Å². The summed E-state index contributed by atoms with van der Waals surface area (Å²) in [5.41, 5.74) is 3.48. The SMILES string of the molecule is CN=C(NCCCc1nc2ccccc2[nH]1)NCC(C)(C)c1ccccc1.I. The highest BCUT2D eigenvalue weighted by Crippen LogP contribution is 2.21. The quantitative estimate of drug-likeness (QED) is 0.200. The number of aromatic amines is 1. The number of nitrogens with one attached hydrogen (secondary N) is 3. The highest BCUT2D eigenvalue weighted by Gasteiger charge is 2.20. The number of halogens is 1. The first kappa shape index (κ1) is 22.2. The summed E-state index contributed by atoms with van der Waals surface area (Å²) in [4.78, 5) is 12.3. The minimum Gasteiger partial charge on any atom is -0.356 e. The average molecular weight is 491 g/mol. The van der Waals surface area contributed by atoms with Crippen LogP contribution >= 0.6 is 24.0 Å². The van der Waals surface area contributed by atoms with E-state index in [1.165, 1.54) is 5.56 Å². The number of guanidine groups is 1. The van der Waals surface area contributed by atoms with Crippen LogP contribution in [0.3, 0.4) is 0 Å². The molecule has 3 rings (SSSR count). The van der Waals surface area contributed by atoms with E-state index >= 15 is 0 Å². The van der Waals surface area contributed by atoms with Crippen molar-refractivity contribution in [3.05, 3.63) is 66.0 Å². The average Bonchev–Trinajstić information content (AvgIpc) is 3.11. The second kappa shape index (κ2) is 10.5. The van der Waals surface area contributed by atoms with Gasteiger partial charge in [-0.3, -0.25) is 4.99 Å². The Balaban J connectivity index is 0.00000280. The molecule has 0 unspecified atom stereocenters. The normalized spacial score (nSPS) is 11.9. The molecule has 0 saturated heterocycles. The molecular formula is C22H30IN5. The zero-order valence-corrected chi connectivity index (χ0v) is 19.2. The van der Waals surface area contributed by atoms with Crippen molar-refractivity contribution in [1.82, 2.24) is 20.6 Å². The molecule has 3 aromatic rings. The van der Waals surface area contributed by atoms with Gasteiger partial charge >= 0.3 is 0 Å². The topological polar surface area (TPSA) is 65.1 Å². The zero-order valence-electron chi connectivity index (χ0n) is 16.8. The van der Waals surface area contributed by atoms with Crippen molar-refractivity contribution in [1.29, 1.82) is 0 Å². The minimum atomic E-state index is 0. The van der Waals surface area contributed by atoms with Crippen molar-refractivity contribution in [3.8, 4) is 0 Å². The first-order valence-corrected chi connectivity index (χ1v) is 9.52. The lowest BCUT2D eigenvalue weighted by Gasteiger charge is -2.26. The van der Waals surface area contributed by atoms with Crippen LogP contribution in [0.1, 0.15) is 31.7 Å². The number of hydrogen-bond acceptors (Lipinski definition) is 2. The Kier molecular flexibility index (Phi) is 8.29. The Morgan fingerprint density at radius 2 is 1.75 bits per heavy atom. The number of aromatic nitrogens is 2. The molecule has 0 spiro atoms. The number of benzene rings is 2. The van der Waals surface area contributed by atoms with Crippen LogP contribution < -0.4 is 10.6 Å². The Morgan fingerprint density at radius 3 is 2.46 bits per heavy atom. The molecule has 0 amide bonds. The monoisotopic (exact) mass is 491 g/mol. The van der Waals surface area contributed by atoms with Crippen molar-refractivity contribution in [2.24, 2.45) is 4.99 Å². The van der Waals surface area contributed by atoms with Crippen LogP contribution in [0.5, 0.6) is 0 Å². The lowest BCUT2D eigenvalue weighted by atomic mass is 9.85. The number of nitrogens with zero attached hydrogens (tertiary/aromatic N) is 2. The summed E-state index contributed by atoms with van der Waals surface area (Å²) in [6.07, 6.45) is 1.90. The van der Waals surface area contributed by atoms with E-state index in [0.29, 0.717) is 0 Å². The van der Waals surface area contributed by atoms with Crippen LogP contribution in [-0.2, 0) is 11.8 Å². The molecule has 1 aromatic heterocycles. The lowest BCUT2D eigenvalue weighted by molar-refractivity contribution is 0.508. The number of imidazole rings is 1. The number of H-pyrrole nitrogens is 1. The summed E-state index contributed by atoms with van der Waals surface area (Å²) < 4.78 is 0. The van der Waals surface area contributed by atoms with Crippen LogP contribution in [0.4, 0.5) is 0 Å². The Morgan fingerprint density at radius 1 is 1.04 bits per heavy atom. The van der Waals surface area contributed by atoms with Crippen LogP contribution in [0.15, 0.2) is 59.6 Å². The molecule has 0 aliphatic rings. The summed E-state index contributed by atoms with van der Waals surface area (Å²) in [6.45, 7) is 6.15. The molecule has 2 aromatic carbocycles. The predicted octanol–water partition coefficient (Wildman–Crippen LogP) is 4.26. The van der Waals surface area contributed by atoms with E-state index in [0.717, 1.165) is 48.7 Å². The van der Waals surface area contributed by atoms with E-state index < -0.39 is 0 Å². The number of aliphatic imine (C=N–C) groups is 1. The zero-order chi connectivity index (χ0) is 19.1. The van der Waals surface area contributed by atoms with E-state index in [1.807, 2.05) is 25.2 Å². The third-order valence-corrected chi connectivity index (χ3v) is 4.80. The second-order valence-corrected chi connectivity index (χ2v) is 7.41. The van der Waals surface area contributed by atoms with Gasteiger partial charge in [0.25, 0.3) is 0 Å². The van der Waals surface area contributed by atoms with Gasteiger partial charge in [-0.2, -0.15) is 0 Å². The third kappa shape index (κ3) is 5.95. The molecule has 0 bridgehead atoms. The molecule has 0 atom stereocenters. The molecule has 0 saturated carbocycles. The molecular weight excluding hydrogens is 461 g/mol. The summed E-state index contributed by atoms with van der Waals surface area (Å²) in [5.74, 6) is 1.87. The van der Waals surface area contributed by atoms with Crippen LogP contribution in [0, 0.1) is 0 Å². The van der Waals surface area contributed by atoms with Crippen molar-refractivity contribution in [2.45, 2.75) is 32.1 Å². The van der Waals surface area contributed by atoms with Crippen molar-refractivity contribution in [3.63, 3.8) is 0 Å². The largest absolute Gasteiger partial charge is 0.356 e. The van der Waals surface area contributed by atoms with Gasteiger partial charge in [-0.1, -0.05) is 56.3 Å². The van der Waals surface area contributed by atoms with Gasteiger partial charge in [0.15, 0.2) is 5.96 Å². The molecule has 150 valence electrons. The maximum absolute atomic E-state index is 4.62. The number of aryl methyl sites for hydroxylation is 1. The Hall–Kier alpha value is -2.09. The van der Waals surface area contributed by atoms with E-state index in [2.05, 4.69) is 75.8 Å². The van der Waals surface area contributed by atoms with Gasteiger partial charge in [-0.05, 0) is 24.1 Å². The second-order valence-electron chi connectivity index (χ2n) is 7.41. The summed E-state index contributed by atoms with van der Waals surface area (Å²) in [5, 5.41) is 6.84. The van der Waals surface area contributed by atoms with E-state index in [4.69, 9.17) is 0 Å². The fourth-order valence-corrected chi connectivity index (χ4v) is 3.10. The highest BCUT2D eigenvalue weighted by molar-refractivity contribution is 14.0. The highest BCUT2D eigenvalue weighted by atomic mass is 127. The summed E-state index contributed by atoms with van der Waals surface area (Å²) in [7, 11) is 1.81. The number of para-hydroxylation sites is 2. The van der Waals surface area contributed by atoms with Gasteiger partial charge in [0.1, 0.15) is 5.82 Å². The minimum absolute atomic E-state index is 0. The lowest BCUT2D eigenvalue weighted by Crippen LogP contribution is -2.43. The van der Waals surface area contributed by atoms with Gasteiger partial charge in [0, 0.05) is 32.0 Å². The molecule has 0 fully saturated rings. The predicted molar refractivity (Wildman–Crippen MR) is 129 cm³/mol. The third-order valence-electron chi connectivity index (χ3n) is 4.80. The fourth-order valence-electron chi connectivity index (χ4n) is 3.10. The molecule has 0 aliphatic heterocycles. The smallest absolute Gasteiger partial charge is 0.191 e. The number of hydrogen-bond donors (Lipinski definition) is 3. The molecule has 0 radical (unpaired) electrons. The maximum atomic E-state index is 4.62. The Labute approximate surface area is 184 Å². The molecule has 1 heterocycles. The fraction of sp³-hybridized carbons (Fsp3) is 0.364. The van der Waals surface area contributed by atoms with Crippen LogP contribution in [0.25, 0.3) is 11.0 Å². The number of fused-ring (bicyclic) bond motifs is 1. The van der Waals surface area contributed by atoms with Crippen molar-refractivity contribution >= 4 is 41.0 Å². The van der Waals surface area contributed by atoms with E-state index in [9.17, 15) is 0 Å². The van der Waals surface area contributed by atoms with E-state index in [-0.39, 0.29) is 29.4 Å². The molecule has 28 heavy (non-hydrogen) atoms. The molecule has 6 heteroatoms. The van der Waals surface area contributed by atoms with Gasteiger partial charge in [-0.25, -0.2) is 4.98 Å². The molecule has 0 aliphatic carbocycles. The molecule has 3 N–H and O–H groups in total. The standard InChI is InChI=1S/C22H29N5.HI/c1-22(2,17-10-5-4-6-11-17)16-25-21(23-3)24-15-9-14-20-26-18-12-7-8-13-19(18)27-20;/h4-8,10-13H,9,14-16H2,1-3H3,(H,26,27)(H2,23,24,25);1H. The van der Waals surface area contributed by atoms with E-state index in [1.54, 1.807) is 0 Å². The van der Waals surface area contributed by atoms with Gasteiger partial charge < -0.3 is 15.6 Å². The number of rotatable bonds is 7. The van der Waals surface area contributed by atoms with Crippen molar-refractivity contribution < 1.29 is 0 Å². The molecule has 5 nitrogen and oxygen atoms in total. The van der Waals surface area contributed by atoms with Crippen LogP contribution in [0.2, 0.25) is 0 Å². The Bertz CT molecular complexity index is 853.